The van der Waals surface area contributed by atoms with Crippen molar-refractivity contribution in [2.24, 2.45) is 0 Å². The van der Waals surface area contributed by atoms with Gasteiger partial charge in [0.1, 0.15) is 11.5 Å². The third-order valence-electron chi connectivity index (χ3n) is 6.43. The lowest BCUT2D eigenvalue weighted by Crippen LogP contribution is -2.26. The summed E-state index contributed by atoms with van der Waals surface area (Å²) in [4.78, 5) is 18.0. The van der Waals surface area contributed by atoms with Gasteiger partial charge in [0.05, 0.1) is 12.2 Å². The molecule has 0 atom stereocenters. The monoisotopic (exact) mass is 497 g/mol. The fraction of sp³-hybridized carbons (Fsp3) is 0.250. The summed E-state index contributed by atoms with van der Waals surface area (Å²) in [6.45, 7) is 6.46. The number of halogens is 1. The fourth-order valence-electron chi connectivity index (χ4n) is 4.62. The molecule has 0 spiro atoms. The number of H-pyrrole nitrogens is 1. The maximum Gasteiger partial charge on any atom is 0.333 e. The zero-order valence-corrected chi connectivity index (χ0v) is 21.0. The van der Waals surface area contributed by atoms with Gasteiger partial charge in [-0.05, 0) is 51.6 Å². The van der Waals surface area contributed by atoms with Crippen LogP contribution in [0.3, 0.4) is 0 Å². The number of hydrogen-bond donors (Lipinski definition) is 1. The Morgan fingerprint density at radius 3 is 2.57 bits per heavy atom. The van der Waals surface area contributed by atoms with Crippen molar-refractivity contribution in [1.82, 2.24) is 34.7 Å². The van der Waals surface area contributed by atoms with Gasteiger partial charge >= 0.3 is 5.69 Å². The van der Waals surface area contributed by atoms with E-state index < -0.39 is 5.82 Å². The molecule has 9 heteroatoms. The normalized spacial score (nSPS) is 11.4. The lowest BCUT2D eigenvalue weighted by molar-refractivity contribution is 0.607. The predicted molar refractivity (Wildman–Crippen MR) is 140 cm³/mol. The van der Waals surface area contributed by atoms with Gasteiger partial charge in [-0.1, -0.05) is 69.7 Å². The van der Waals surface area contributed by atoms with Crippen molar-refractivity contribution in [2.45, 2.75) is 46.1 Å². The number of para-hydroxylation sites is 1. The molecule has 0 aliphatic rings. The van der Waals surface area contributed by atoms with Gasteiger partial charge in [-0.15, -0.1) is 5.10 Å². The van der Waals surface area contributed by atoms with Crippen LogP contribution in [0, 0.1) is 5.82 Å². The number of nitrogens with one attached hydrogen (secondary N) is 1. The molecule has 3 aromatic heterocycles. The van der Waals surface area contributed by atoms with E-state index in [-0.39, 0.29) is 11.6 Å². The van der Waals surface area contributed by atoms with Crippen molar-refractivity contribution < 1.29 is 4.39 Å². The van der Waals surface area contributed by atoms with Gasteiger partial charge in [-0.2, -0.15) is 0 Å². The number of aromatic amines is 1. The number of nitrogens with zero attached hydrogens (tertiary/aromatic N) is 6. The predicted octanol–water partition coefficient (Wildman–Crippen LogP) is 5.14. The highest BCUT2D eigenvalue weighted by Gasteiger charge is 2.19. The van der Waals surface area contributed by atoms with Crippen LogP contribution in [0.25, 0.3) is 28.3 Å². The van der Waals surface area contributed by atoms with Crippen LogP contribution in [0.2, 0.25) is 0 Å². The summed E-state index contributed by atoms with van der Waals surface area (Å²) in [5, 5.41) is 14.1. The molecule has 1 N–H and O–H groups in total. The highest BCUT2D eigenvalue weighted by molar-refractivity contribution is 5.77. The second-order valence-corrected chi connectivity index (χ2v) is 9.29. The van der Waals surface area contributed by atoms with Crippen molar-refractivity contribution in [3.63, 3.8) is 0 Å². The standard InChI is InChI=1S/C28H28FN7O/c1-4-7-21-17-36(26-22(18(2)3)8-5-10-24(26)29)28(37)35(21)16-19-11-13-20(14-12-19)23-9-6-15-30-25(23)27-31-33-34-32-27/h5-6,8-15,17-18H,4,7,16H2,1-3H3,(H,31,32,33,34). The summed E-state index contributed by atoms with van der Waals surface area (Å²) >= 11 is 0. The molecule has 0 amide bonds. The summed E-state index contributed by atoms with van der Waals surface area (Å²) in [5.41, 5.74) is 5.24. The number of pyridine rings is 1. The molecule has 0 aliphatic carbocycles. The van der Waals surface area contributed by atoms with Crippen molar-refractivity contribution in [1.29, 1.82) is 0 Å². The number of rotatable bonds is 8. The minimum atomic E-state index is -0.396. The van der Waals surface area contributed by atoms with Crippen LogP contribution in [0.1, 0.15) is 49.9 Å². The molecule has 0 bridgehead atoms. The van der Waals surface area contributed by atoms with Crippen molar-refractivity contribution in [3.8, 4) is 28.3 Å². The van der Waals surface area contributed by atoms with Crippen molar-refractivity contribution in [2.75, 3.05) is 0 Å². The van der Waals surface area contributed by atoms with E-state index in [0.29, 0.717) is 23.8 Å². The molecule has 0 fully saturated rings. The smallest absolute Gasteiger partial charge is 0.292 e. The molecule has 0 unspecified atom stereocenters. The van der Waals surface area contributed by atoms with Crippen LogP contribution in [-0.2, 0) is 13.0 Å². The Morgan fingerprint density at radius 2 is 1.86 bits per heavy atom. The van der Waals surface area contributed by atoms with Gasteiger partial charge in [0.25, 0.3) is 0 Å². The molecule has 0 aliphatic heterocycles. The number of imidazole rings is 1. The molecular weight excluding hydrogens is 469 g/mol. The number of hydrogen-bond acceptors (Lipinski definition) is 5. The Labute approximate surface area is 213 Å². The average molecular weight is 498 g/mol. The summed E-state index contributed by atoms with van der Waals surface area (Å²) in [6, 6.07) is 16.8. The molecule has 0 saturated heterocycles. The molecule has 3 heterocycles. The van der Waals surface area contributed by atoms with E-state index in [2.05, 4.69) is 32.5 Å². The van der Waals surface area contributed by atoms with E-state index >= 15 is 0 Å². The van der Waals surface area contributed by atoms with Gasteiger partial charge in [-0.25, -0.2) is 14.3 Å². The Kier molecular flexibility index (Phi) is 6.76. The Balaban J connectivity index is 1.51. The Morgan fingerprint density at radius 1 is 1.05 bits per heavy atom. The third-order valence-corrected chi connectivity index (χ3v) is 6.43. The first kappa shape index (κ1) is 24.3. The first-order valence-corrected chi connectivity index (χ1v) is 12.4. The van der Waals surface area contributed by atoms with Crippen LogP contribution in [0.4, 0.5) is 4.39 Å². The quantitative estimate of drug-likeness (QED) is 0.320. The molecule has 8 nitrogen and oxygen atoms in total. The first-order valence-electron chi connectivity index (χ1n) is 12.4. The van der Waals surface area contributed by atoms with Crippen LogP contribution >= 0.6 is 0 Å². The zero-order chi connectivity index (χ0) is 25.9. The lowest BCUT2D eigenvalue weighted by Gasteiger charge is -2.13. The molecule has 5 aromatic rings. The van der Waals surface area contributed by atoms with E-state index in [1.807, 2.05) is 56.3 Å². The second-order valence-electron chi connectivity index (χ2n) is 9.29. The minimum absolute atomic E-state index is 0.0771. The van der Waals surface area contributed by atoms with Gasteiger partial charge in [0, 0.05) is 23.7 Å². The highest BCUT2D eigenvalue weighted by Crippen LogP contribution is 2.28. The Bertz CT molecular complexity index is 1570. The van der Waals surface area contributed by atoms with Crippen LogP contribution in [-0.4, -0.2) is 34.7 Å². The molecular formula is C28H28FN7O. The number of benzene rings is 2. The molecule has 5 rings (SSSR count). The van der Waals surface area contributed by atoms with Gasteiger partial charge in [-0.3, -0.25) is 14.1 Å². The third kappa shape index (κ3) is 4.72. The zero-order valence-electron chi connectivity index (χ0n) is 21.0. The lowest BCUT2D eigenvalue weighted by atomic mass is 10.0. The van der Waals surface area contributed by atoms with Crippen molar-refractivity contribution >= 4 is 0 Å². The molecule has 188 valence electrons. The fourth-order valence-corrected chi connectivity index (χ4v) is 4.62. The molecule has 2 aromatic carbocycles. The van der Waals surface area contributed by atoms with Crippen LogP contribution in [0.5, 0.6) is 0 Å². The van der Waals surface area contributed by atoms with Gasteiger partial charge in [0.2, 0.25) is 0 Å². The highest BCUT2D eigenvalue weighted by atomic mass is 19.1. The first-order chi connectivity index (χ1) is 18.0. The Hall–Kier alpha value is -4.40. The SMILES string of the molecule is CCCc1cn(-c2c(F)cccc2C(C)C)c(=O)n1Cc1ccc(-c2cccnc2-c2nnn[nH]2)cc1. The average Bonchev–Trinajstić information content (AvgIpc) is 3.54. The summed E-state index contributed by atoms with van der Waals surface area (Å²) in [6.07, 6.45) is 5.08. The summed E-state index contributed by atoms with van der Waals surface area (Å²) in [5.74, 6) is 0.172. The van der Waals surface area contributed by atoms with E-state index in [1.165, 1.54) is 10.6 Å². The molecule has 0 saturated carbocycles. The minimum Gasteiger partial charge on any atom is -0.292 e. The maximum atomic E-state index is 15.0. The number of aryl methyl sites for hydroxylation is 1. The van der Waals surface area contributed by atoms with Crippen molar-refractivity contribution in [3.05, 3.63) is 100 Å². The molecule has 37 heavy (non-hydrogen) atoms. The van der Waals surface area contributed by atoms with E-state index in [0.717, 1.165) is 40.8 Å². The number of tetrazole rings is 1. The second kappa shape index (κ2) is 10.3. The number of aromatic nitrogens is 7. The summed E-state index contributed by atoms with van der Waals surface area (Å²) < 4.78 is 18.2. The van der Waals surface area contributed by atoms with Gasteiger partial charge in [0.15, 0.2) is 5.82 Å². The van der Waals surface area contributed by atoms with E-state index in [1.54, 1.807) is 23.0 Å². The summed E-state index contributed by atoms with van der Waals surface area (Å²) in [7, 11) is 0. The van der Waals surface area contributed by atoms with Gasteiger partial charge < -0.3 is 0 Å². The largest absolute Gasteiger partial charge is 0.333 e. The molecule has 0 radical (unpaired) electrons. The van der Waals surface area contributed by atoms with E-state index in [4.69, 9.17) is 0 Å². The maximum absolute atomic E-state index is 15.0. The topological polar surface area (TPSA) is 94.3 Å². The van der Waals surface area contributed by atoms with Crippen LogP contribution < -0.4 is 5.69 Å². The van der Waals surface area contributed by atoms with Crippen LogP contribution in [0.15, 0.2) is 71.8 Å². The van der Waals surface area contributed by atoms with E-state index in [9.17, 15) is 9.18 Å².